The Morgan fingerprint density at radius 2 is 1.72 bits per heavy atom. The third kappa shape index (κ3) is 3.20. The van der Waals surface area contributed by atoms with E-state index in [0.717, 1.165) is 0 Å². The van der Waals surface area contributed by atoms with Gasteiger partial charge in [0.15, 0.2) is 9.84 Å². The second-order valence-electron chi connectivity index (χ2n) is 4.30. The van der Waals surface area contributed by atoms with Crippen molar-refractivity contribution in [2.24, 2.45) is 0 Å². The molecule has 0 amide bonds. The molecule has 0 atom stereocenters. The van der Waals surface area contributed by atoms with Crippen LogP contribution >= 0.6 is 0 Å². The van der Waals surface area contributed by atoms with E-state index in [1.54, 1.807) is 26.0 Å². The Labute approximate surface area is 107 Å². The lowest BCUT2D eigenvalue weighted by molar-refractivity contribution is -0.132. The monoisotopic (exact) mass is 268 g/mol. The van der Waals surface area contributed by atoms with Crippen LogP contribution in [0.4, 0.5) is 0 Å². The van der Waals surface area contributed by atoms with Gasteiger partial charge in [0.2, 0.25) is 0 Å². The Hall–Kier alpha value is -1.62. The van der Waals surface area contributed by atoms with E-state index in [0.29, 0.717) is 5.56 Å². The number of hydrogen-bond donors (Lipinski definition) is 1. The summed E-state index contributed by atoms with van der Waals surface area (Å²) in [4.78, 5) is 10.9. The quantitative estimate of drug-likeness (QED) is 0.851. The number of aliphatic carboxylic acids is 1. The first kappa shape index (κ1) is 14.4. The Bertz CT molecular complexity index is 566. The van der Waals surface area contributed by atoms with E-state index in [2.05, 4.69) is 0 Å². The van der Waals surface area contributed by atoms with Gasteiger partial charge in [-0.25, -0.2) is 13.2 Å². The van der Waals surface area contributed by atoms with Crippen LogP contribution in [0.1, 0.15) is 26.3 Å². The molecule has 18 heavy (non-hydrogen) atoms. The van der Waals surface area contributed by atoms with E-state index in [1.807, 2.05) is 0 Å². The number of carboxylic acid groups (broad SMARTS) is 1. The molecule has 0 aliphatic heterocycles. The molecule has 0 fully saturated rings. The van der Waals surface area contributed by atoms with Gasteiger partial charge in [-0.3, -0.25) is 0 Å². The maximum absolute atomic E-state index is 11.9. The highest BCUT2D eigenvalue weighted by Crippen LogP contribution is 2.17. The molecule has 0 aliphatic rings. The fraction of sp³-hybridized carbons (Fsp3) is 0.308. The van der Waals surface area contributed by atoms with Gasteiger partial charge in [-0.05, 0) is 44.5 Å². The normalized spacial score (nSPS) is 12.8. The number of carbonyl (C=O) groups is 1. The molecule has 0 bridgehead atoms. The minimum absolute atomic E-state index is 0.203. The van der Waals surface area contributed by atoms with E-state index < -0.39 is 21.1 Å². The minimum Gasteiger partial charge on any atom is -0.478 e. The van der Waals surface area contributed by atoms with Crippen molar-refractivity contribution >= 4 is 21.9 Å². The van der Waals surface area contributed by atoms with E-state index >= 15 is 0 Å². The van der Waals surface area contributed by atoms with Crippen LogP contribution < -0.4 is 0 Å². The molecule has 0 aliphatic carbocycles. The summed E-state index contributed by atoms with van der Waals surface area (Å²) >= 11 is 0. The zero-order valence-electron chi connectivity index (χ0n) is 10.5. The zero-order chi connectivity index (χ0) is 13.9. The number of carboxylic acids is 1. The van der Waals surface area contributed by atoms with Crippen LogP contribution in [0.2, 0.25) is 0 Å². The smallest absolute Gasteiger partial charge is 0.331 e. The molecule has 98 valence electrons. The molecular formula is C13H16O4S. The third-order valence-corrected chi connectivity index (χ3v) is 4.72. The van der Waals surface area contributed by atoms with Crippen LogP contribution in [0.25, 0.3) is 6.08 Å². The Kier molecular flexibility index (Phi) is 4.29. The van der Waals surface area contributed by atoms with E-state index in [4.69, 9.17) is 5.11 Å². The third-order valence-electron chi connectivity index (χ3n) is 2.55. The van der Waals surface area contributed by atoms with Gasteiger partial charge in [0.25, 0.3) is 0 Å². The van der Waals surface area contributed by atoms with Crippen LogP contribution in [0.5, 0.6) is 0 Å². The summed E-state index contributed by atoms with van der Waals surface area (Å²) < 4.78 is 23.7. The van der Waals surface area contributed by atoms with E-state index in [9.17, 15) is 13.2 Å². The van der Waals surface area contributed by atoms with Gasteiger partial charge < -0.3 is 5.11 Å². The summed E-state index contributed by atoms with van der Waals surface area (Å²) in [5, 5.41) is 8.26. The molecule has 1 aromatic rings. The maximum atomic E-state index is 11.9. The average Bonchev–Trinajstić information content (AvgIpc) is 2.29. The lowest BCUT2D eigenvalue weighted by atomic mass is 10.1. The predicted octanol–water partition coefficient (Wildman–Crippen LogP) is 2.36. The van der Waals surface area contributed by atoms with Crippen LogP contribution in [-0.4, -0.2) is 24.7 Å². The van der Waals surface area contributed by atoms with Gasteiger partial charge >= 0.3 is 5.97 Å². The summed E-state index contributed by atoms with van der Waals surface area (Å²) in [5.41, 5.74) is 0.868. The summed E-state index contributed by atoms with van der Waals surface area (Å²) in [7, 11) is -3.28. The number of sulfone groups is 1. The Morgan fingerprint density at radius 1 is 1.22 bits per heavy atom. The molecule has 1 rings (SSSR count). The van der Waals surface area contributed by atoms with Gasteiger partial charge in [0.05, 0.1) is 10.1 Å². The number of hydrogen-bond acceptors (Lipinski definition) is 3. The standard InChI is InChI=1S/C13H16O4S/c1-9(2)18(16,17)12-6-4-11(5-7-12)8-10(3)13(14)15/h4-9H,1-3H3,(H,14,15)/b10-8+. The van der Waals surface area contributed by atoms with Crippen LogP contribution in [0.15, 0.2) is 34.7 Å². The molecule has 0 saturated heterocycles. The molecule has 0 radical (unpaired) electrons. The van der Waals surface area contributed by atoms with Gasteiger partial charge in [-0.15, -0.1) is 0 Å². The number of rotatable bonds is 4. The first-order chi connectivity index (χ1) is 8.25. The van der Waals surface area contributed by atoms with Crippen molar-refractivity contribution in [1.82, 2.24) is 0 Å². The van der Waals surface area contributed by atoms with Crippen LogP contribution in [-0.2, 0) is 14.6 Å². The van der Waals surface area contributed by atoms with Crippen molar-refractivity contribution in [3.8, 4) is 0 Å². The fourth-order valence-electron chi connectivity index (χ4n) is 1.34. The fourth-order valence-corrected chi connectivity index (χ4v) is 2.40. The molecule has 5 heteroatoms. The number of benzene rings is 1. The predicted molar refractivity (Wildman–Crippen MR) is 70.1 cm³/mol. The average molecular weight is 268 g/mol. The van der Waals surface area contributed by atoms with Crippen molar-refractivity contribution in [3.05, 3.63) is 35.4 Å². The van der Waals surface area contributed by atoms with Gasteiger partial charge in [0.1, 0.15) is 0 Å². The highest BCUT2D eigenvalue weighted by Gasteiger charge is 2.18. The summed E-state index contributed by atoms with van der Waals surface area (Å²) in [6.07, 6.45) is 1.49. The van der Waals surface area contributed by atoms with Crippen LogP contribution in [0.3, 0.4) is 0 Å². The molecule has 1 aromatic carbocycles. The summed E-state index contributed by atoms with van der Waals surface area (Å²) in [6, 6.07) is 6.19. The topological polar surface area (TPSA) is 71.4 Å². The highest BCUT2D eigenvalue weighted by molar-refractivity contribution is 7.92. The Morgan fingerprint density at radius 3 is 2.11 bits per heavy atom. The molecule has 1 N–H and O–H groups in total. The molecule has 0 aromatic heterocycles. The van der Waals surface area contributed by atoms with Crippen molar-refractivity contribution in [2.45, 2.75) is 30.9 Å². The summed E-state index contributed by atoms with van der Waals surface area (Å²) in [5.74, 6) is -0.992. The summed E-state index contributed by atoms with van der Waals surface area (Å²) in [6.45, 7) is 4.73. The maximum Gasteiger partial charge on any atom is 0.331 e. The molecule has 4 nitrogen and oxygen atoms in total. The first-order valence-corrected chi connectivity index (χ1v) is 7.05. The van der Waals surface area contributed by atoms with Crippen molar-refractivity contribution in [2.75, 3.05) is 0 Å². The zero-order valence-corrected chi connectivity index (χ0v) is 11.4. The van der Waals surface area contributed by atoms with Crippen molar-refractivity contribution in [1.29, 1.82) is 0 Å². The second kappa shape index (κ2) is 5.35. The molecule has 0 unspecified atom stereocenters. The lowest BCUT2D eigenvalue weighted by Crippen LogP contribution is -2.13. The van der Waals surface area contributed by atoms with Gasteiger partial charge in [-0.2, -0.15) is 0 Å². The van der Waals surface area contributed by atoms with E-state index in [1.165, 1.54) is 25.1 Å². The molecular weight excluding hydrogens is 252 g/mol. The molecule has 0 spiro atoms. The van der Waals surface area contributed by atoms with Crippen molar-refractivity contribution in [3.63, 3.8) is 0 Å². The Balaban J connectivity index is 3.09. The van der Waals surface area contributed by atoms with E-state index in [-0.39, 0.29) is 10.5 Å². The molecule has 0 saturated carbocycles. The van der Waals surface area contributed by atoms with Gasteiger partial charge in [0, 0.05) is 5.57 Å². The second-order valence-corrected chi connectivity index (χ2v) is 6.80. The van der Waals surface area contributed by atoms with Gasteiger partial charge in [-0.1, -0.05) is 12.1 Å². The first-order valence-electron chi connectivity index (χ1n) is 5.50. The highest BCUT2D eigenvalue weighted by atomic mass is 32.2. The minimum atomic E-state index is -3.28. The van der Waals surface area contributed by atoms with Crippen molar-refractivity contribution < 1.29 is 18.3 Å². The lowest BCUT2D eigenvalue weighted by Gasteiger charge is -2.07. The molecule has 0 heterocycles. The largest absolute Gasteiger partial charge is 0.478 e. The SMILES string of the molecule is C/C(=C\c1ccc(S(=O)(=O)C(C)C)cc1)C(=O)O. The van der Waals surface area contributed by atoms with Crippen LogP contribution in [0, 0.1) is 0 Å².